The summed E-state index contributed by atoms with van der Waals surface area (Å²) < 4.78 is 20.7. The van der Waals surface area contributed by atoms with Crippen molar-refractivity contribution in [2.45, 2.75) is 0 Å². The molecule has 0 aliphatic heterocycles. The van der Waals surface area contributed by atoms with Crippen molar-refractivity contribution in [2.24, 2.45) is 0 Å². The summed E-state index contributed by atoms with van der Waals surface area (Å²) in [5, 5.41) is 0.668. The molecule has 1 aromatic carbocycles. The molecule has 1 N–H and O–H groups in total. The quantitative estimate of drug-likeness (QED) is 0.677. The van der Waals surface area contributed by atoms with E-state index in [-0.39, 0.29) is 5.30 Å². The Bertz CT molecular complexity index is 635. The highest BCUT2D eigenvalue weighted by Gasteiger charge is 2.22. The average molecular weight is 305 g/mol. The van der Waals surface area contributed by atoms with Gasteiger partial charge in [-0.05, 0) is 24.3 Å². The molecule has 2 aromatic rings. The SMILES string of the molecule is O=c1ccc2cc(P(=O)(O)OBr)ccc2o1. The second-order valence-electron chi connectivity index (χ2n) is 3.07. The lowest BCUT2D eigenvalue weighted by Gasteiger charge is -2.07. The highest BCUT2D eigenvalue weighted by atomic mass is 79.9. The third kappa shape index (κ3) is 2.10. The van der Waals surface area contributed by atoms with Crippen LogP contribution in [-0.2, 0) is 8.18 Å². The first kappa shape index (κ1) is 11.5. The van der Waals surface area contributed by atoms with E-state index in [0.29, 0.717) is 11.0 Å². The Balaban J connectivity index is 2.66. The van der Waals surface area contributed by atoms with Crippen LogP contribution in [-0.4, -0.2) is 4.89 Å². The molecule has 0 amide bonds. The van der Waals surface area contributed by atoms with Crippen LogP contribution in [0.15, 0.2) is 39.5 Å². The second-order valence-corrected chi connectivity index (χ2v) is 5.63. The minimum atomic E-state index is -3.85. The topological polar surface area (TPSA) is 76.7 Å². The van der Waals surface area contributed by atoms with Crippen LogP contribution in [0.2, 0.25) is 0 Å². The van der Waals surface area contributed by atoms with E-state index >= 15 is 0 Å². The van der Waals surface area contributed by atoms with Gasteiger partial charge in [0.1, 0.15) is 21.8 Å². The van der Waals surface area contributed by atoms with E-state index < -0.39 is 13.2 Å². The molecule has 1 atom stereocenters. The Morgan fingerprint density at radius 3 is 2.75 bits per heavy atom. The molecule has 0 saturated heterocycles. The monoisotopic (exact) mass is 304 g/mol. The molecule has 1 unspecified atom stereocenters. The maximum Gasteiger partial charge on any atom is 0.369 e. The van der Waals surface area contributed by atoms with Gasteiger partial charge < -0.3 is 9.31 Å². The molecule has 0 aliphatic carbocycles. The molecule has 16 heavy (non-hydrogen) atoms. The molecule has 0 spiro atoms. The fraction of sp³-hybridized carbons (Fsp3) is 0. The largest absolute Gasteiger partial charge is 0.423 e. The van der Waals surface area contributed by atoms with Gasteiger partial charge in [0.15, 0.2) is 0 Å². The van der Waals surface area contributed by atoms with Gasteiger partial charge >= 0.3 is 13.2 Å². The van der Waals surface area contributed by atoms with Crippen LogP contribution in [0.3, 0.4) is 0 Å². The van der Waals surface area contributed by atoms with Crippen LogP contribution in [0.4, 0.5) is 0 Å². The lowest BCUT2D eigenvalue weighted by molar-refractivity contribution is 0.422. The Hall–Kier alpha value is -0.940. The zero-order valence-corrected chi connectivity index (χ0v) is 10.3. The molecule has 7 heteroatoms. The minimum Gasteiger partial charge on any atom is -0.423 e. The van der Waals surface area contributed by atoms with Gasteiger partial charge in [-0.15, -0.1) is 0 Å². The zero-order valence-electron chi connectivity index (χ0n) is 7.79. The standard InChI is InChI=1S/C9H6BrO5P/c10-15-16(12,13)7-2-3-8-6(5-7)1-4-9(11)14-8/h1-5H,(H,12,13). The molecule has 0 radical (unpaired) electrons. The summed E-state index contributed by atoms with van der Waals surface area (Å²) in [7, 11) is -3.85. The number of halogens is 1. The first-order valence-electron chi connectivity index (χ1n) is 4.20. The van der Waals surface area contributed by atoms with Crippen LogP contribution in [0, 0.1) is 0 Å². The van der Waals surface area contributed by atoms with Crippen molar-refractivity contribution in [3.63, 3.8) is 0 Å². The van der Waals surface area contributed by atoms with Crippen molar-refractivity contribution in [3.05, 3.63) is 40.8 Å². The summed E-state index contributed by atoms with van der Waals surface area (Å²) in [5.74, 6) is 0. The Labute approximate surface area is 98.6 Å². The summed E-state index contributed by atoms with van der Waals surface area (Å²) in [4.78, 5) is 20.3. The number of rotatable bonds is 2. The van der Waals surface area contributed by atoms with Crippen molar-refractivity contribution < 1.29 is 17.5 Å². The van der Waals surface area contributed by atoms with E-state index in [1.165, 1.54) is 30.3 Å². The van der Waals surface area contributed by atoms with Crippen molar-refractivity contribution >= 4 is 40.1 Å². The van der Waals surface area contributed by atoms with Crippen molar-refractivity contribution in [1.29, 1.82) is 0 Å². The Morgan fingerprint density at radius 1 is 1.31 bits per heavy atom. The molecule has 84 valence electrons. The van der Waals surface area contributed by atoms with Crippen molar-refractivity contribution in [3.8, 4) is 0 Å². The minimum absolute atomic E-state index is 0.116. The van der Waals surface area contributed by atoms with E-state index in [1.54, 1.807) is 0 Å². The lowest BCUT2D eigenvalue weighted by Crippen LogP contribution is -2.04. The molecule has 0 bridgehead atoms. The van der Waals surface area contributed by atoms with Gasteiger partial charge in [0.2, 0.25) is 0 Å². The van der Waals surface area contributed by atoms with Crippen LogP contribution in [0.25, 0.3) is 11.0 Å². The first-order chi connectivity index (χ1) is 7.53. The second kappa shape index (κ2) is 4.14. The average Bonchev–Trinajstić information content (AvgIpc) is 2.28. The van der Waals surface area contributed by atoms with Gasteiger partial charge in [-0.2, -0.15) is 0 Å². The van der Waals surface area contributed by atoms with Crippen LogP contribution < -0.4 is 10.9 Å². The van der Waals surface area contributed by atoms with Crippen LogP contribution in [0.1, 0.15) is 0 Å². The van der Waals surface area contributed by atoms with E-state index in [1.807, 2.05) is 0 Å². The Morgan fingerprint density at radius 2 is 2.06 bits per heavy atom. The molecule has 1 aromatic heterocycles. The van der Waals surface area contributed by atoms with Gasteiger partial charge in [-0.1, -0.05) is 0 Å². The number of hydrogen-bond donors (Lipinski definition) is 1. The molecule has 0 saturated carbocycles. The number of benzene rings is 1. The molecule has 0 fully saturated rings. The number of fused-ring (bicyclic) bond motifs is 1. The van der Waals surface area contributed by atoms with E-state index in [9.17, 15) is 14.3 Å². The fourth-order valence-electron chi connectivity index (χ4n) is 1.27. The van der Waals surface area contributed by atoms with Gasteiger partial charge in [0, 0.05) is 11.5 Å². The maximum absolute atomic E-state index is 11.5. The summed E-state index contributed by atoms with van der Waals surface area (Å²) >= 11 is 2.50. The Kier molecular flexibility index (Phi) is 2.99. The molecule has 2 rings (SSSR count). The highest BCUT2D eigenvalue weighted by Crippen LogP contribution is 2.43. The summed E-state index contributed by atoms with van der Waals surface area (Å²) in [6, 6.07) is 7.00. The first-order valence-corrected chi connectivity index (χ1v) is 6.43. The fourth-order valence-corrected chi connectivity index (χ4v) is 2.42. The molecule has 1 heterocycles. The third-order valence-electron chi connectivity index (χ3n) is 2.02. The lowest BCUT2D eigenvalue weighted by atomic mass is 10.2. The normalized spacial score (nSPS) is 14.9. The number of hydrogen-bond acceptors (Lipinski definition) is 4. The molecule has 5 nitrogen and oxygen atoms in total. The predicted molar refractivity (Wildman–Crippen MR) is 62.0 cm³/mol. The molecular formula is C9H6BrO5P. The summed E-state index contributed by atoms with van der Waals surface area (Å²) in [5.41, 5.74) is -0.116. The van der Waals surface area contributed by atoms with E-state index in [0.717, 1.165) is 0 Å². The smallest absolute Gasteiger partial charge is 0.369 e. The highest BCUT2D eigenvalue weighted by molar-refractivity contribution is 9.06. The van der Waals surface area contributed by atoms with Crippen molar-refractivity contribution in [2.75, 3.05) is 0 Å². The maximum atomic E-state index is 11.5. The molecular weight excluding hydrogens is 299 g/mol. The van der Waals surface area contributed by atoms with Crippen molar-refractivity contribution in [1.82, 2.24) is 0 Å². The summed E-state index contributed by atoms with van der Waals surface area (Å²) in [6.45, 7) is 0. The third-order valence-corrected chi connectivity index (χ3v) is 4.32. The van der Waals surface area contributed by atoms with Gasteiger partial charge in [0.05, 0.1) is 5.30 Å². The predicted octanol–water partition coefficient (Wildman–Crippen LogP) is 1.93. The van der Waals surface area contributed by atoms with E-state index in [2.05, 4.69) is 19.9 Å². The molecule has 0 aliphatic rings. The zero-order chi connectivity index (χ0) is 11.8. The van der Waals surface area contributed by atoms with E-state index in [4.69, 9.17) is 4.42 Å². The summed E-state index contributed by atoms with van der Waals surface area (Å²) in [6.07, 6.45) is 0. The van der Waals surface area contributed by atoms with Gasteiger partial charge in [-0.3, -0.25) is 4.57 Å². The van der Waals surface area contributed by atoms with Crippen LogP contribution >= 0.6 is 23.9 Å². The van der Waals surface area contributed by atoms with Gasteiger partial charge in [-0.25, -0.2) is 8.41 Å². The van der Waals surface area contributed by atoms with Gasteiger partial charge in [0.25, 0.3) is 0 Å². The van der Waals surface area contributed by atoms with Crippen LogP contribution in [0.5, 0.6) is 0 Å².